The number of thiazole rings is 1. The number of esters is 1. The molecule has 4 aromatic rings. The fourth-order valence-corrected chi connectivity index (χ4v) is 6.21. The summed E-state index contributed by atoms with van der Waals surface area (Å²) in [5.41, 5.74) is 4.20. The van der Waals surface area contributed by atoms with Gasteiger partial charge in [0.25, 0.3) is 5.56 Å². The van der Waals surface area contributed by atoms with E-state index in [-0.39, 0.29) is 18.3 Å². The molecule has 0 spiro atoms. The minimum Gasteiger partial charge on any atom is -0.493 e. The van der Waals surface area contributed by atoms with Gasteiger partial charge < -0.3 is 18.9 Å². The molecular weight excluding hydrogens is 576 g/mol. The Kier molecular flexibility index (Phi) is 9.35. The molecule has 0 amide bonds. The van der Waals surface area contributed by atoms with Crippen LogP contribution in [0.25, 0.3) is 6.08 Å². The van der Waals surface area contributed by atoms with Gasteiger partial charge in [0.15, 0.2) is 16.3 Å². The van der Waals surface area contributed by atoms with Crippen molar-refractivity contribution in [3.63, 3.8) is 0 Å². The minimum absolute atomic E-state index is 0.109. The Labute approximate surface area is 260 Å². The van der Waals surface area contributed by atoms with Crippen LogP contribution >= 0.6 is 11.3 Å². The Morgan fingerprint density at radius 1 is 1.02 bits per heavy atom. The summed E-state index contributed by atoms with van der Waals surface area (Å²) in [5.74, 6) is 1.23. The molecular formula is C35H36N2O6S. The van der Waals surface area contributed by atoms with E-state index in [0.717, 1.165) is 16.7 Å². The van der Waals surface area contributed by atoms with Crippen LogP contribution in [0, 0.1) is 6.92 Å². The molecule has 0 saturated carbocycles. The largest absolute Gasteiger partial charge is 0.493 e. The molecule has 1 aromatic heterocycles. The lowest BCUT2D eigenvalue weighted by Crippen LogP contribution is -2.40. The quantitative estimate of drug-likeness (QED) is 0.221. The number of fused-ring (bicyclic) bond motifs is 1. The molecule has 0 saturated heterocycles. The number of carbonyl (C=O) groups is 1. The molecule has 0 radical (unpaired) electrons. The van der Waals surface area contributed by atoms with E-state index in [1.54, 1.807) is 31.6 Å². The van der Waals surface area contributed by atoms with E-state index in [4.69, 9.17) is 18.9 Å². The van der Waals surface area contributed by atoms with Crippen LogP contribution in [-0.2, 0) is 16.1 Å². The predicted octanol–water partition coefficient (Wildman–Crippen LogP) is 5.48. The number of allylic oxidation sites excluding steroid dienone is 1. The van der Waals surface area contributed by atoms with Crippen molar-refractivity contribution in [3.8, 4) is 17.2 Å². The smallest absolute Gasteiger partial charge is 0.338 e. The third-order valence-corrected chi connectivity index (χ3v) is 8.04. The molecule has 3 aromatic carbocycles. The van der Waals surface area contributed by atoms with E-state index in [0.29, 0.717) is 50.0 Å². The Bertz CT molecular complexity index is 1900. The van der Waals surface area contributed by atoms with Gasteiger partial charge in [-0.2, -0.15) is 0 Å². The van der Waals surface area contributed by atoms with E-state index in [2.05, 4.69) is 11.1 Å². The zero-order chi connectivity index (χ0) is 31.4. The van der Waals surface area contributed by atoms with Crippen LogP contribution in [0.2, 0.25) is 0 Å². The highest BCUT2D eigenvalue weighted by atomic mass is 32.1. The monoisotopic (exact) mass is 612 g/mol. The molecule has 1 aliphatic heterocycles. The SMILES string of the molecule is CCOC(=O)C1=C(C)N=c2s/c(=C/c3ccc(OCc4cccc(C)c4)c(OC)c3)c(=O)n2[C@@H]1c1ccccc1OC(C)C. The van der Waals surface area contributed by atoms with Crippen molar-refractivity contribution >= 4 is 23.4 Å². The number of rotatable bonds is 10. The average Bonchev–Trinajstić information content (AvgIpc) is 3.29. The molecule has 0 N–H and O–H groups in total. The molecule has 44 heavy (non-hydrogen) atoms. The maximum Gasteiger partial charge on any atom is 0.338 e. The first-order valence-corrected chi connectivity index (χ1v) is 15.3. The second-order valence-corrected chi connectivity index (χ2v) is 11.7. The molecule has 0 unspecified atom stereocenters. The van der Waals surface area contributed by atoms with Crippen LogP contribution in [0.4, 0.5) is 0 Å². The fourth-order valence-electron chi connectivity index (χ4n) is 5.16. The molecule has 9 heteroatoms. The molecule has 0 bridgehead atoms. The third kappa shape index (κ3) is 6.48. The number of benzene rings is 3. The van der Waals surface area contributed by atoms with E-state index in [9.17, 15) is 9.59 Å². The molecule has 2 heterocycles. The molecule has 1 atom stereocenters. The zero-order valence-corrected chi connectivity index (χ0v) is 26.6. The lowest BCUT2D eigenvalue weighted by atomic mass is 9.95. The van der Waals surface area contributed by atoms with Gasteiger partial charge in [-0.1, -0.05) is 65.4 Å². The second-order valence-electron chi connectivity index (χ2n) is 10.7. The second kappa shape index (κ2) is 13.3. The molecule has 8 nitrogen and oxygen atoms in total. The number of para-hydroxylation sites is 1. The fraction of sp³-hybridized carbons (Fsp3) is 0.286. The summed E-state index contributed by atoms with van der Waals surface area (Å²) in [7, 11) is 1.59. The predicted molar refractivity (Wildman–Crippen MR) is 171 cm³/mol. The first-order chi connectivity index (χ1) is 21.2. The highest BCUT2D eigenvalue weighted by molar-refractivity contribution is 7.07. The minimum atomic E-state index is -0.769. The number of ether oxygens (including phenoxy) is 4. The molecule has 5 rings (SSSR count). The normalized spacial score (nSPS) is 14.7. The van der Waals surface area contributed by atoms with Crippen LogP contribution in [0.15, 0.2) is 87.8 Å². The van der Waals surface area contributed by atoms with Crippen LogP contribution in [0.5, 0.6) is 17.2 Å². The van der Waals surface area contributed by atoms with Crippen molar-refractivity contribution in [3.05, 3.63) is 120 Å². The molecule has 1 aliphatic rings. The first-order valence-electron chi connectivity index (χ1n) is 14.5. The average molecular weight is 613 g/mol. The topological polar surface area (TPSA) is 88.4 Å². The molecule has 228 valence electrons. The van der Waals surface area contributed by atoms with Crippen molar-refractivity contribution in [2.75, 3.05) is 13.7 Å². The van der Waals surface area contributed by atoms with Crippen LogP contribution in [-0.4, -0.2) is 30.4 Å². The first kappa shape index (κ1) is 30.8. The van der Waals surface area contributed by atoms with Gasteiger partial charge in [-0.15, -0.1) is 0 Å². The van der Waals surface area contributed by atoms with Crippen molar-refractivity contribution in [2.24, 2.45) is 4.99 Å². The van der Waals surface area contributed by atoms with E-state index in [1.165, 1.54) is 11.3 Å². The van der Waals surface area contributed by atoms with Crippen molar-refractivity contribution < 1.29 is 23.7 Å². The summed E-state index contributed by atoms with van der Waals surface area (Å²) < 4.78 is 25.3. The van der Waals surface area contributed by atoms with Crippen LogP contribution in [0.1, 0.15) is 56.0 Å². The summed E-state index contributed by atoms with van der Waals surface area (Å²) >= 11 is 1.26. The van der Waals surface area contributed by atoms with Crippen molar-refractivity contribution in [2.45, 2.75) is 53.4 Å². The summed E-state index contributed by atoms with van der Waals surface area (Å²) in [5, 5.41) is 0. The van der Waals surface area contributed by atoms with Gasteiger partial charge in [0.1, 0.15) is 18.4 Å². The Morgan fingerprint density at radius 3 is 2.55 bits per heavy atom. The van der Waals surface area contributed by atoms with E-state index < -0.39 is 12.0 Å². The third-order valence-electron chi connectivity index (χ3n) is 7.06. The Hall–Kier alpha value is -4.63. The number of hydrogen-bond donors (Lipinski definition) is 0. The van der Waals surface area contributed by atoms with Gasteiger partial charge in [-0.3, -0.25) is 9.36 Å². The van der Waals surface area contributed by atoms with Crippen LogP contribution < -0.4 is 29.1 Å². The van der Waals surface area contributed by atoms with Gasteiger partial charge in [0.05, 0.1) is 35.6 Å². The molecule has 0 aliphatic carbocycles. The maximum atomic E-state index is 14.1. The van der Waals surface area contributed by atoms with Crippen molar-refractivity contribution in [1.82, 2.24) is 4.57 Å². The summed E-state index contributed by atoms with van der Waals surface area (Å²) in [6.45, 7) is 10.0. The number of nitrogens with zero attached hydrogens (tertiary/aromatic N) is 2. The Balaban J connectivity index is 1.57. The standard InChI is InChI=1S/C35H36N2O6S/c1-7-41-34(39)31-23(5)36-35-37(32(31)26-13-8-9-14-27(26)43-21(2)3)33(38)30(44-35)19-24-15-16-28(29(18-24)40-6)42-20-25-12-10-11-22(4)17-25/h8-19,21,32H,7,20H2,1-6H3/b30-19+/t32-/m1/s1. The number of carbonyl (C=O) groups excluding carboxylic acids is 1. The van der Waals surface area contributed by atoms with Gasteiger partial charge in [0.2, 0.25) is 0 Å². The lowest BCUT2D eigenvalue weighted by Gasteiger charge is -2.26. The summed E-state index contributed by atoms with van der Waals surface area (Å²) in [4.78, 5) is 32.5. The van der Waals surface area contributed by atoms with Gasteiger partial charge in [-0.05, 0) is 70.0 Å². The number of aryl methyl sites for hydroxylation is 1. The highest BCUT2D eigenvalue weighted by Crippen LogP contribution is 2.36. The van der Waals surface area contributed by atoms with Gasteiger partial charge in [-0.25, -0.2) is 9.79 Å². The Morgan fingerprint density at radius 2 is 1.82 bits per heavy atom. The number of aromatic nitrogens is 1. The van der Waals surface area contributed by atoms with Crippen LogP contribution in [0.3, 0.4) is 0 Å². The van der Waals surface area contributed by atoms with Crippen molar-refractivity contribution in [1.29, 1.82) is 0 Å². The van der Waals surface area contributed by atoms with Gasteiger partial charge in [0, 0.05) is 5.56 Å². The summed E-state index contributed by atoms with van der Waals surface area (Å²) in [6, 6.07) is 20.4. The highest BCUT2D eigenvalue weighted by Gasteiger charge is 2.35. The van der Waals surface area contributed by atoms with E-state index >= 15 is 0 Å². The number of hydrogen-bond acceptors (Lipinski definition) is 8. The van der Waals surface area contributed by atoms with Gasteiger partial charge >= 0.3 is 5.97 Å². The zero-order valence-electron chi connectivity index (χ0n) is 25.7. The lowest BCUT2D eigenvalue weighted by molar-refractivity contribution is -0.139. The maximum absolute atomic E-state index is 14.1. The summed E-state index contributed by atoms with van der Waals surface area (Å²) in [6.07, 6.45) is 1.69. The molecule has 0 fully saturated rings. The number of methoxy groups -OCH3 is 1. The van der Waals surface area contributed by atoms with E-state index in [1.807, 2.05) is 81.4 Å².